The highest BCUT2D eigenvalue weighted by atomic mass is 35.5. The predicted molar refractivity (Wildman–Crippen MR) is 100 cm³/mol. The fraction of sp³-hybridized carbons (Fsp3) is 0.333. The molecular formula is C18H20ClN5O. The molecule has 25 heavy (non-hydrogen) atoms. The third-order valence-corrected chi connectivity index (χ3v) is 4.66. The summed E-state index contributed by atoms with van der Waals surface area (Å²) in [6.45, 7) is 5.39. The van der Waals surface area contributed by atoms with Crippen molar-refractivity contribution < 1.29 is 4.74 Å². The van der Waals surface area contributed by atoms with Crippen LogP contribution in [0.25, 0.3) is 22.2 Å². The molecule has 1 aliphatic heterocycles. The SMILES string of the molecule is Clc1cccc(-c2c[nH]c3ncnc(NCCN4CCOCC4)c23)c1. The lowest BCUT2D eigenvalue weighted by atomic mass is 10.1. The minimum absolute atomic E-state index is 0.713. The molecule has 7 heteroatoms. The third kappa shape index (κ3) is 3.61. The van der Waals surface area contributed by atoms with Gasteiger partial charge in [0.15, 0.2) is 0 Å². The van der Waals surface area contributed by atoms with Crippen LogP contribution >= 0.6 is 11.6 Å². The van der Waals surface area contributed by atoms with Crippen LogP contribution < -0.4 is 5.32 Å². The van der Waals surface area contributed by atoms with Gasteiger partial charge in [-0.1, -0.05) is 23.7 Å². The van der Waals surface area contributed by atoms with Crippen LogP contribution in [0.1, 0.15) is 0 Å². The van der Waals surface area contributed by atoms with E-state index in [4.69, 9.17) is 16.3 Å². The fourth-order valence-electron chi connectivity index (χ4n) is 3.14. The molecule has 0 amide bonds. The van der Waals surface area contributed by atoms with Crippen molar-refractivity contribution in [3.63, 3.8) is 0 Å². The van der Waals surface area contributed by atoms with Crippen LogP contribution in [0.15, 0.2) is 36.8 Å². The fourth-order valence-corrected chi connectivity index (χ4v) is 3.33. The molecule has 3 aromatic rings. The first-order valence-corrected chi connectivity index (χ1v) is 8.81. The summed E-state index contributed by atoms with van der Waals surface area (Å²) in [4.78, 5) is 14.4. The number of morpholine rings is 1. The summed E-state index contributed by atoms with van der Waals surface area (Å²) < 4.78 is 5.39. The van der Waals surface area contributed by atoms with Crippen LogP contribution in [-0.4, -0.2) is 59.2 Å². The summed E-state index contributed by atoms with van der Waals surface area (Å²) >= 11 is 6.15. The van der Waals surface area contributed by atoms with Gasteiger partial charge in [0.1, 0.15) is 17.8 Å². The number of anilines is 1. The van der Waals surface area contributed by atoms with Gasteiger partial charge in [0.25, 0.3) is 0 Å². The second-order valence-corrected chi connectivity index (χ2v) is 6.48. The molecule has 3 heterocycles. The smallest absolute Gasteiger partial charge is 0.143 e. The van der Waals surface area contributed by atoms with Gasteiger partial charge >= 0.3 is 0 Å². The van der Waals surface area contributed by atoms with Gasteiger partial charge in [0, 0.05) is 43.0 Å². The number of nitrogens with zero attached hydrogens (tertiary/aromatic N) is 3. The Bertz CT molecular complexity index is 860. The number of H-pyrrole nitrogens is 1. The maximum Gasteiger partial charge on any atom is 0.143 e. The molecule has 2 N–H and O–H groups in total. The summed E-state index contributed by atoms with van der Waals surface area (Å²) in [6, 6.07) is 7.82. The molecule has 1 aromatic carbocycles. The topological polar surface area (TPSA) is 66.1 Å². The highest BCUT2D eigenvalue weighted by Gasteiger charge is 2.14. The molecule has 130 valence electrons. The van der Waals surface area contributed by atoms with Gasteiger partial charge in [0.05, 0.1) is 18.6 Å². The standard InChI is InChI=1S/C18H20ClN5O/c19-14-3-1-2-13(10-14)15-11-21-18-16(15)17(22-12-23-18)20-4-5-24-6-8-25-9-7-24/h1-3,10-12H,4-9H2,(H2,20,21,22,23). The Morgan fingerprint density at radius 1 is 1.24 bits per heavy atom. The highest BCUT2D eigenvalue weighted by molar-refractivity contribution is 6.31. The molecule has 1 aliphatic rings. The van der Waals surface area contributed by atoms with Gasteiger partial charge in [-0.05, 0) is 17.7 Å². The van der Waals surface area contributed by atoms with E-state index in [1.165, 1.54) is 0 Å². The van der Waals surface area contributed by atoms with Crippen LogP contribution in [0.5, 0.6) is 0 Å². The van der Waals surface area contributed by atoms with Crippen molar-refractivity contribution >= 4 is 28.5 Å². The number of ether oxygens (including phenoxy) is 1. The van der Waals surface area contributed by atoms with E-state index in [1.807, 2.05) is 30.5 Å². The van der Waals surface area contributed by atoms with Gasteiger partial charge in [0.2, 0.25) is 0 Å². The minimum atomic E-state index is 0.713. The largest absolute Gasteiger partial charge is 0.379 e. The third-order valence-electron chi connectivity index (χ3n) is 4.43. The van der Waals surface area contributed by atoms with Gasteiger partial charge in [-0.3, -0.25) is 4.90 Å². The van der Waals surface area contributed by atoms with Gasteiger partial charge in [-0.15, -0.1) is 0 Å². The van der Waals surface area contributed by atoms with Crippen molar-refractivity contribution in [3.05, 3.63) is 41.8 Å². The molecule has 2 aromatic heterocycles. The zero-order valence-corrected chi connectivity index (χ0v) is 14.6. The molecule has 4 rings (SSSR count). The van der Waals surface area contributed by atoms with E-state index < -0.39 is 0 Å². The average Bonchev–Trinajstić information content (AvgIpc) is 3.08. The molecule has 0 radical (unpaired) electrons. The summed E-state index contributed by atoms with van der Waals surface area (Å²) in [5.74, 6) is 0.842. The van der Waals surface area contributed by atoms with Crippen molar-refractivity contribution in [2.45, 2.75) is 0 Å². The maximum absolute atomic E-state index is 6.15. The van der Waals surface area contributed by atoms with Gasteiger partial charge in [-0.2, -0.15) is 0 Å². The predicted octanol–water partition coefficient (Wildman–Crippen LogP) is 3.02. The number of aromatic nitrogens is 3. The molecular weight excluding hydrogens is 338 g/mol. The Kier molecular flexibility index (Phi) is 4.83. The molecule has 0 atom stereocenters. The summed E-state index contributed by atoms with van der Waals surface area (Å²) in [5.41, 5.74) is 2.91. The quantitative estimate of drug-likeness (QED) is 0.734. The number of nitrogens with one attached hydrogen (secondary N) is 2. The van der Waals surface area contributed by atoms with Crippen LogP contribution in [0.4, 0.5) is 5.82 Å². The van der Waals surface area contributed by atoms with Crippen LogP contribution in [-0.2, 0) is 4.74 Å². The lowest BCUT2D eigenvalue weighted by Gasteiger charge is -2.26. The molecule has 0 unspecified atom stereocenters. The van der Waals surface area contributed by atoms with E-state index in [1.54, 1.807) is 6.33 Å². The maximum atomic E-state index is 6.15. The average molecular weight is 358 g/mol. The monoisotopic (exact) mass is 357 g/mol. The van der Waals surface area contributed by atoms with E-state index >= 15 is 0 Å². The zero-order chi connectivity index (χ0) is 17.1. The Balaban J connectivity index is 1.57. The highest BCUT2D eigenvalue weighted by Crippen LogP contribution is 2.32. The van der Waals surface area contributed by atoms with E-state index in [0.717, 1.165) is 67.4 Å². The summed E-state index contributed by atoms with van der Waals surface area (Å²) in [5, 5.41) is 5.17. The van der Waals surface area contributed by atoms with E-state index in [9.17, 15) is 0 Å². The number of hydrogen-bond donors (Lipinski definition) is 2. The number of benzene rings is 1. The molecule has 1 fully saturated rings. The zero-order valence-electron chi connectivity index (χ0n) is 13.8. The van der Waals surface area contributed by atoms with Crippen molar-refractivity contribution in [1.82, 2.24) is 19.9 Å². The minimum Gasteiger partial charge on any atom is -0.379 e. The van der Waals surface area contributed by atoms with Crippen molar-refractivity contribution in [2.24, 2.45) is 0 Å². The summed E-state index contributed by atoms with van der Waals surface area (Å²) in [6.07, 6.45) is 3.54. The second-order valence-electron chi connectivity index (χ2n) is 6.04. The lowest BCUT2D eigenvalue weighted by molar-refractivity contribution is 0.0398. The number of halogens is 1. The number of fused-ring (bicyclic) bond motifs is 1. The van der Waals surface area contributed by atoms with Crippen LogP contribution in [0.2, 0.25) is 5.02 Å². The Labute approximate surface area is 151 Å². The molecule has 6 nitrogen and oxygen atoms in total. The number of aromatic amines is 1. The van der Waals surface area contributed by atoms with Gasteiger partial charge < -0.3 is 15.0 Å². The Morgan fingerprint density at radius 3 is 2.96 bits per heavy atom. The normalized spacial score (nSPS) is 15.6. The van der Waals surface area contributed by atoms with E-state index in [-0.39, 0.29) is 0 Å². The molecule has 1 saturated heterocycles. The first-order chi connectivity index (χ1) is 12.3. The molecule has 0 aliphatic carbocycles. The van der Waals surface area contributed by atoms with Crippen molar-refractivity contribution in [3.8, 4) is 11.1 Å². The molecule has 0 bridgehead atoms. The second kappa shape index (κ2) is 7.39. The first kappa shape index (κ1) is 16.3. The van der Waals surface area contributed by atoms with Crippen molar-refractivity contribution in [2.75, 3.05) is 44.7 Å². The van der Waals surface area contributed by atoms with Crippen LogP contribution in [0.3, 0.4) is 0 Å². The van der Waals surface area contributed by atoms with Crippen molar-refractivity contribution in [1.29, 1.82) is 0 Å². The Hall–Kier alpha value is -2.15. The first-order valence-electron chi connectivity index (χ1n) is 8.43. The number of rotatable bonds is 5. The van der Waals surface area contributed by atoms with Gasteiger partial charge in [-0.25, -0.2) is 9.97 Å². The Morgan fingerprint density at radius 2 is 2.12 bits per heavy atom. The molecule has 0 spiro atoms. The van der Waals surface area contributed by atoms with E-state index in [2.05, 4.69) is 25.2 Å². The number of hydrogen-bond acceptors (Lipinski definition) is 5. The lowest BCUT2D eigenvalue weighted by Crippen LogP contribution is -2.39. The van der Waals surface area contributed by atoms with Crippen LogP contribution in [0, 0.1) is 0 Å². The summed E-state index contributed by atoms with van der Waals surface area (Å²) in [7, 11) is 0. The van der Waals surface area contributed by atoms with E-state index in [0.29, 0.717) is 5.02 Å². The molecule has 0 saturated carbocycles.